The summed E-state index contributed by atoms with van der Waals surface area (Å²) in [5.41, 5.74) is 1.09. The van der Waals surface area contributed by atoms with Crippen LogP contribution in [0.15, 0.2) is 17.3 Å². The van der Waals surface area contributed by atoms with Crippen LogP contribution in [0.25, 0.3) is 0 Å². The first-order valence-corrected chi connectivity index (χ1v) is 9.47. The van der Waals surface area contributed by atoms with Crippen molar-refractivity contribution in [1.29, 1.82) is 0 Å². The van der Waals surface area contributed by atoms with E-state index in [-0.39, 0.29) is 12.5 Å². The van der Waals surface area contributed by atoms with Crippen molar-refractivity contribution < 1.29 is 4.79 Å². The number of hydrogen-bond donors (Lipinski definition) is 2. The average Bonchev–Trinajstić information content (AvgIpc) is 2.89. The molecule has 0 aromatic carbocycles. The van der Waals surface area contributed by atoms with Crippen LogP contribution >= 0.6 is 11.6 Å². The van der Waals surface area contributed by atoms with E-state index in [1.54, 1.807) is 0 Å². The fourth-order valence-corrected chi connectivity index (χ4v) is 3.45. The van der Waals surface area contributed by atoms with Crippen molar-refractivity contribution in [2.75, 3.05) is 20.1 Å². The third-order valence-corrected chi connectivity index (χ3v) is 4.72. The number of amides is 1. The predicted octanol–water partition coefficient (Wildman–Crippen LogP) is 2.52. The van der Waals surface area contributed by atoms with E-state index in [0.717, 1.165) is 36.1 Å². The highest BCUT2D eigenvalue weighted by Gasteiger charge is 2.16. The average molecular weight is 368 g/mol. The van der Waals surface area contributed by atoms with Crippen LogP contribution in [0.3, 0.4) is 0 Å². The second-order valence-corrected chi connectivity index (χ2v) is 7.13. The Morgan fingerprint density at radius 2 is 2.12 bits per heavy atom. The number of aryl methyl sites for hydroxylation is 1. The molecule has 1 aromatic heterocycles. The maximum atomic E-state index is 12.2. The van der Waals surface area contributed by atoms with Gasteiger partial charge in [0, 0.05) is 38.6 Å². The second-order valence-electron chi connectivity index (χ2n) is 6.69. The van der Waals surface area contributed by atoms with Crippen LogP contribution in [0, 0.1) is 0 Å². The molecule has 1 fully saturated rings. The van der Waals surface area contributed by atoms with Crippen molar-refractivity contribution in [1.82, 2.24) is 20.1 Å². The highest BCUT2D eigenvalue weighted by atomic mass is 35.5. The molecule has 0 atom stereocenters. The summed E-state index contributed by atoms with van der Waals surface area (Å²) in [6, 6.07) is 2.26. The molecule has 1 saturated carbocycles. The topological polar surface area (TPSA) is 61.7 Å². The van der Waals surface area contributed by atoms with Crippen LogP contribution in [-0.4, -0.2) is 47.5 Å². The van der Waals surface area contributed by atoms with Gasteiger partial charge in [-0.3, -0.25) is 4.79 Å². The molecule has 0 saturated heterocycles. The normalized spacial score (nSPS) is 15.9. The number of carbonyl (C=O) groups excluding carboxylic acids is 1. The summed E-state index contributed by atoms with van der Waals surface area (Å²) in [6.45, 7) is 3.59. The van der Waals surface area contributed by atoms with E-state index >= 15 is 0 Å². The molecule has 1 amide bonds. The molecule has 6 nitrogen and oxygen atoms in total. The summed E-state index contributed by atoms with van der Waals surface area (Å²) in [7, 11) is 3.93. The van der Waals surface area contributed by atoms with E-state index in [4.69, 9.17) is 11.6 Å². The number of nitrogens with one attached hydrogen (secondary N) is 2. The summed E-state index contributed by atoms with van der Waals surface area (Å²) in [4.78, 5) is 18.7. The van der Waals surface area contributed by atoms with E-state index in [2.05, 4.69) is 15.6 Å². The number of carbonyl (C=O) groups is 1. The van der Waals surface area contributed by atoms with Gasteiger partial charge in [0.1, 0.15) is 6.54 Å². The molecular weight excluding hydrogens is 338 g/mol. The Kier molecular flexibility index (Phi) is 7.62. The maximum Gasteiger partial charge on any atom is 0.242 e. The quantitative estimate of drug-likeness (QED) is 0.600. The van der Waals surface area contributed by atoms with Crippen molar-refractivity contribution in [3.05, 3.63) is 23.0 Å². The van der Waals surface area contributed by atoms with Crippen LogP contribution in [0.4, 0.5) is 0 Å². The van der Waals surface area contributed by atoms with E-state index in [1.807, 2.05) is 42.7 Å². The van der Waals surface area contributed by atoms with Crippen molar-refractivity contribution in [3.8, 4) is 0 Å². The number of aromatic nitrogens is 1. The van der Waals surface area contributed by atoms with Gasteiger partial charge in [-0.05, 0) is 25.8 Å². The summed E-state index contributed by atoms with van der Waals surface area (Å²) in [6.07, 6.45) is 7.75. The molecule has 140 valence electrons. The molecule has 1 aromatic rings. The van der Waals surface area contributed by atoms with Gasteiger partial charge in [0.25, 0.3) is 0 Å². The Labute approximate surface area is 155 Å². The van der Waals surface area contributed by atoms with Crippen molar-refractivity contribution in [2.45, 2.75) is 51.6 Å². The second kappa shape index (κ2) is 9.70. The molecule has 0 spiro atoms. The first kappa shape index (κ1) is 19.6. The van der Waals surface area contributed by atoms with Gasteiger partial charge in [0.05, 0.1) is 11.6 Å². The first-order chi connectivity index (χ1) is 12.0. The molecule has 1 aliphatic rings. The lowest BCUT2D eigenvalue weighted by Gasteiger charge is -2.24. The van der Waals surface area contributed by atoms with Gasteiger partial charge in [0.2, 0.25) is 5.91 Å². The lowest BCUT2D eigenvalue weighted by Crippen LogP contribution is -2.41. The number of guanidine groups is 1. The third kappa shape index (κ3) is 6.27. The molecule has 7 heteroatoms. The lowest BCUT2D eigenvalue weighted by molar-refractivity contribution is -0.120. The highest BCUT2D eigenvalue weighted by molar-refractivity contribution is 6.30. The zero-order valence-corrected chi connectivity index (χ0v) is 16.3. The number of aliphatic imine (C=N–C) groups is 1. The zero-order valence-electron chi connectivity index (χ0n) is 15.5. The van der Waals surface area contributed by atoms with Crippen molar-refractivity contribution in [3.63, 3.8) is 0 Å². The smallest absolute Gasteiger partial charge is 0.242 e. The van der Waals surface area contributed by atoms with Crippen molar-refractivity contribution >= 4 is 23.5 Å². The third-order valence-electron chi connectivity index (χ3n) is 4.51. The lowest BCUT2D eigenvalue weighted by atomic mass is 9.95. The van der Waals surface area contributed by atoms with Crippen LogP contribution in [0.2, 0.25) is 5.02 Å². The Balaban J connectivity index is 1.91. The Hall–Kier alpha value is -1.69. The number of rotatable bonds is 6. The summed E-state index contributed by atoms with van der Waals surface area (Å²) in [5.74, 6) is 0.719. The number of hydrogen-bond acceptors (Lipinski definition) is 2. The molecular formula is C18H30ClN5O. The van der Waals surface area contributed by atoms with Crippen LogP contribution in [0.5, 0.6) is 0 Å². The van der Waals surface area contributed by atoms with E-state index in [0.29, 0.717) is 12.6 Å². The predicted molar refractivity (Wildman–Crippen MR) is 103 cm³/mol. The largest absolute Gasteiger partial charge is 0.357 e. The minimum atomic E-state index is -0.00221. The summed E-state index contributed by atoms with van der Waals surface area (Å²) in [5, 5.41) is 7.07. The molecule has 2 rings (SSSR count). The minimum Gasteiger partial charge on any atom is -0.357 e. The van der Waals surface area contributed by atoms with E-state index in [9.17, 15) is 4.79 Å². The Bertz CT molecular complexity index is 592. The van der Waals surface area contributed by atoms with Gasteiger partial charge in [-0.25, -0.2) is 4.99 Å². The van der Waals surface area contributed by atoms with Gasteiger partial charge < -0.3 is 20.1 Å². The molecule has 0 bridgehead atoms. The first-order valence-electron chi connectivity index (χ1n) is 9.09. The van der Waals surface area contributed by atoms with E-state index in [1.165, 1.54) is 19.3 Å². The highest BCUT2D eigenvalue weighted by Crippen LogP contribution is 2.17. The van der Waals surface area contributed by atoms with Gasteiger partial charge in [0.15, 0.2) is 5.96 Å². The van der Waals surface area contributed by atoms with E-state index < -0.39 is 0 Å². The Morgan fingerprint density at radius 1 is 1.40 bits per heavy atom. The standard InChI is InChI=1S/C18H30ClN5O/c1-4-20-18(24(3)13-16-10-14(19)12-23(16)2)21-11-17(25)22-15-8-6-5-7-9-15/h10,12,15H,4-9,11,13H2,1-3H3,(H,20,21)(H,22,25). The number of nitrogens with zero attached hydrogens (tertiary/aromatic N) is 3. The van der Waals surface area contributed by atoms with Gasteiger partial charge in [-0.2, -0.15) is 0 Å². The summed E-state index contributed by atoms with van der Waals surface area (Å²) >= 11 is 6.05. The maximum absolute atomic E-state index is 12.2. The monoisotopic (exact) mass is 367 g/mol. The summed E-state index contributed by atoms with van der Waals surface area (Å²) < 4.78 is 2.00. The minimum absolute atomic E-state index is 0.00221. The number of halogens is 1. The fourth-order valence-electron chi connectivity index (χ4n) is 3.18. The van der Waals surface area contributed by atoms with Crippen LogP contribution in [-0.2, 0) is 18.4 Å². The molecule has 1 aliphatic carbocycles. The molecule has 1 heterocycles. The fraction of sp³-hybridized carbons (Fsp3) is 0.667. The Morgan fingerprint density at radius 3 is 2.72 bits per heavy atom. The molecule has 0 radical (unpaired) electrons. The van der Waals surface area contributed by atoms with Crippen LogP contribution in [0.1, 0.15) is 44.7 Å². The van der Waals surface area contributed by atoms with Gasteiger partial charge >= 0.3 is 0 Å². The zero-order chi connectivity index (χ0) is 18.2. The van der Waals surface area contributed by atoms with Crippen molar-refractivity contribution in [2.24, 2.45) is 12.0 Å². The molecule has 2 N–H and O–H groups in total. The van der Waals surface area contributed by atoms with Gasteiger partial charge in [-0.15, -0.1) is 0 Å². The SMILES string of the molecule is CCNC(=NCC(=O)NC1CCCCC1)N(C)Cc1cc(Cl)cn1C. The molecule has 0 aliphatic heterocycles. The molecule has 25 heavy (non-hydrogen) atoms. The molecule has 0 unspecified atom stereocenters. The van der Waals surface area contributed by atoms with Gasteiger partial charge in [-0.1, -0.05) is 30.9 Å². The van der Waals surface area contributed by atoms with Crippen LogP contribution < -0.4 is 10.6 Å².